The first kappa shape index (κ1) is 16.5. The largest absolute Gasteiger partial charge is 0.325 e. The molecule has 1 aliphatic rings. The third-order valence-electron chi connectivity index (χ3n) is 3.89. The molecule has 1 aromatic rings. The van der Waals surface area contributed by atoms with Gasteiger partial charge in [-0.15, -0.1) is 0 Å². The Labute approximate surface area is 135 Å². The van der Waals surface area contributed by atoms with Crippen molar-refractivity contribution in [3.05, 3.63) is 28.7 Å². The van der Waals surface area contributed by atoms with Crippen LogP contribution in [0.15, 0.2) is 28.7 Å². The van der Waals surface area contributed by atoms with E-state index in [0.717, 1.165) is 23.2 Å². The Kier molecular flexibility index (Phi) is 6.21. The van der Waals surface area contributed by atoms with E-state index >= 15 is 0 Å². The first-order chi connectivity index (χ1) is 10.0. The van der Waals surface area contributed by atoms with E-state index in [1.165, 1.54) is 13.0 Å². The maximum Gasteiger partial charge on any atom is 0.238 e. The molecule has 116 valence electrons. The average Bonchev–Trinajstić information content (AvgIpc) is 2.90. The van der Waals surface area contributed by atoms with Gasteiger partial charge < -0.3 is 15.5 Å². The Morgan fingerprint density at radius 3 is 2.71 bits per heavy atom. The second kappa shape index (κ2) is 7.92. The highest BCUT2D eigenvalue weighted by molar-refractivity contribution is 9.10. The third kappa shape index (κ3) is 5.41. The molecule has 0 radical (unpaired) electrons. The Morgan fingerprint density at radius 2 is 2.10 bits per heavy atom. The standard InChI is InChI=1S/C16H24BrN3O/c1-12(2)20-8-7-13(11-20)9-18-10-16(21)19-15-5-3-14(17)4-6-15/h3-6,12-13,18H,7-11H2,1-2H3,(H,19,21). The molecule has 0 aliphatic carbocycles. The minimum absolute atomic E-state index is 0.0102. The number of hydrogen-bond acceptors (Lipinski definition) is 3. The Bertz CT molecular complexity index is 461. The van der Waals surface area contributed by atoms with Crippen molar-refractivity contribution in [2.75, 3.05) is 31.5 Å². The number of halogens is 1. The van der Waals surface area contributed by atoms with E-state index in [0.29, 0.717) is 18.5 Å². The molecule has 0 spiro atoms. The highest BCUT2D eigenvalue weighted by atomic mass is 79.9. The van der Waals surface area contributed by atoms with Gasteiger partial charge in [-0.05, 0) is 63.5 Å². The zero-order chi connectivity index (χ0) is 15.2. The SMILES string of the molecule is CC(C)N1CCC(CNCC(=O)Nc2ccc(Br)cc2)C1. The first-order valence-electron chi connectivity index (χ1n) is 7.55. The molecule has 1 atom stereocenters. The molecule has 0 saturated carbocycles. The van der Waals surface area contributed by atoms with E-state index in [9.17, 15) is 4.79 Å². The Morgan fingerprint density at radius 1 is 1.38 bits per heavy atom. The maximum atomic E-state index is 11.8. The number of carbonyl (C=O) groups excluding carboxylic acids is 1. The number of anilines is 1. The van der Waals surface area contributed by atoms with Crippen LogP contribution in [0.2, 0.25) is 0 Å². The van der Waals surface area contributed by atoms with Crippen molar-refractivity contribution in [3.63, 3.8) is 0 Å². The lowest BCUT2D eigenvalue weighted by Crippen LogP contribution is -2.34. The molecular weight excluding hydrogens is 330 g/mol. The summed E-state index contributed by atoms with van der Waals surface area (Å²) in [7, 11) is 0. The summed E-state index contributed by atoms with van der Waals surface area (Å²) in [6, 6.07) is 8.24. The number of benzene rings is 1. The van der Waals surface area contributed by atoms with Crippen LogP contribution in [0.25, 0.3) is 0 Å². The van der Waals surface area contributed by atoms with Gasteiger partial charge >= 0.3 is 0 Å². The van der Waals surface area contributed by atoms with Crippen LogP contribution in [0.4, 0.5) is 5.69 Å². The molecule has 2 N–H and O–H groups in total. The molecule has 0 bridgehead atoms. The predicted molar refractivity (Wildman–Crippen MR) is 90.5 cm³/mol. The minimum Gasteiger partial charge on any atom is -0.325 e. The van der Waals surface area contributed by atoms with Gasteiger partial charge in [0.25, 0.3) is 0 Å². The third-order valence-corrected chi connectivity index (χ3v) is 4.42. The first-order valence-corrected chi connectivity index (χ1v) is 8.34. The van der Waals surface area contributed by atoms with E-state index in [-0.39, 0.29) is 5.91 Å². The van der Waals surface area contributed by atoms with Gasteiger partial charge in [-0.2, -0.15) is 0 Å². The van der Waals surface area contributed by atoms with Gasteiger partial charge in [0.05, 0.1) is 6.54 Å². The molecule has 1 amide bonds. The van der Waals surface area contributed by atoms with Crippen molar-refractivity contribution >= 4 is 27.5 Å². The number of nitrogens with zero attached hydrogens (tertiary/aromatic N) is 1. The van der Waals surface area contributed by atoms with Gasteiger partial charge in [0.2, 0.25) is 5.91 Å². The summed E-state index contributed by atoms with van der Waals surface area (Å²) in [5, 5.41) is 6.16. The van der Waals surface area contributed by atoms with Crippen molar-refractivity contribution in [2.24, 2.45) is 5.92 Å². The monoisotopic (exact) mass is 353 g/mol. The summed E-state index contributed by atoms with van der Waals surface area (Å²) >= 11 is 3.38. The van der Waals surface area contributed by atoms with E-state index in [1.54, 1.807) is 0 Å². The molecular formula is C16H24BrN3O. The van der Waals surface area contributed by atoms with E-state index in [4.69, 9.17) is 0 Å². The number of amides is 1. The molecule has 5 heteroatoms. The quantitative estimate of drug-likeness (QED) is 0.826. The van der Waals surface area contributed by atoms with Crippen LogP contribution in [0.1, 0.15) is 20.3 Å². The lowest BCUT2D eigenvalue weighted by atomic mass is 10.1. The number of carbonyl (C=O) groups is 1. The van der Waals surface area contributed by atoms with Crippen molar-refractivity contribution in [3.8, 4) is 0 Å². The molecule has 21 heavy (non-hydrogen) atoms. The topological polar surface area (TPSA) is 44.4 Å². The summed E-state index contributed by atoms with van der Waals surface area (Å²) in [5.41, 5.74) is 0.830. The second-order valence-corrected chi connectivity index (χ2v) is 6.85. The summed E-state index contributed by atoms with van der Waals surface area (Å²) in [6.45, 7) is 8.07. The van der Waals surface area contributed by atoms with Crippen LogP contribution < -0.4 is 10.6 Å². The van der Waals surface area contributed by atoms with Crippen molar-refractivity contribution in [2.45, 2.75) is 26.3 Å². The van der Waals surface area contributed by atoms with Crippen LogP contribution in [-0.2, 0) is 4.79 Å². The lowest BCUT2D eigenvalue weighted by molar-refractivity contribution is -0.115. The molecule has 2 rings (SSSR count). The summed E-state index contributed by atoms with van der Waals surface area (Å²) in [6.07, 6.45) is 1.22. The van der Waals surface area contributed by atoms with Crippen LogP contribution >= 0.6 is 15.9 Å². The molecule has 4 nitrogen and oxygen atoms in total. The minimum atomic E-state index is 0.0102. The summed E-state index contributed by atoms with van der Waals surface area (Å²) in [5.74, 6) is 0.670. The fourth-order valence-corrected chi connectivity index (χ4v) is 2.89. The molecule has 1 saturated heterocycles. The molecule has 1 heterocycles. The van der Waals surface area contributed by atoms with Gasteiger partial charge in [0.1, 0.15) is 0 Å². The highest BCUT2D eigenvalue weighted by Gasteiger charge is 2.23. The van der Waals surface area contributed by atoms with Gasteiger partial charge in [-0.3, -0.25) is 4.79 Å². The number of hydrogen-bond donors (Lipinski definition) is 2. The fourth-order valence-electron chi connectivity index (χ4n) is 2.63. The van der Waals surface area contributed by atoms with E-state index < -0.39 is 0 Å². The molecule has 1 aromatic carbocycles. The zero-order valence-electron chi connectivity index (χ0n) is 12.7. The summed E-state index contributed by atoms with van der Waals surface area (Å²) < 4.78 is 1.01. The average molecular weight is 354 g/mol. The number of nitrogens with one attached hydrogen (secondary N) is 2. The zero-order valence-corrected chi connectivity index (χ0v) is 14.3. The van der Waals surface area contributed by atoms with Crippen LogP contribution in [-0.4, -0.2) is 43.0 Å². The van der Waals surface area contributed by atoms with E-state index in [1.807, 2.05) is 24.3 Å². The normalized spacial score (nSPS) is 19.1. The van der Waals surface area contributed by atoms with Crippen molar-refractivity contribution in [1.82, 2.24) is 10.2 Å². The molecule has 0 aromatic heterocycles. The van der Waals surface area contributed by atoms with Crippen molar-refractivity contribution in [1.29, 1.82) is 0 Å². The number of rotatable bonds is 6. The van der Waals surface area contributed by atoms with Crippen molar-refractivity contribution < 1.29 is 4.79 Å². The van der Waals surface area contributed by atoms with Crippen LogP contribution in [0.5, 0.6) is 0 Å². The Hall–Kier alpha value is -0.910. The highest BCUT2D eigenvalue weighted by Crippen LogP contribution is 2.17. The van der Waals surface area contributed by atoms with Gasteiger partial charge in [-0.1, -0.05) is 15.9 Å². The lowest BCUT2D eigenvalue weighted by Gasteiger charge is -2.20. The maximum absolute atomic E-state index is 11.8. The van der Waals surface area contributed by atoms with Gasteiger partial charge in [0, 0.05) is 22.7 Å². The van der Waals surface area contributed by atoms with E-state index in [2.05, 4.69) is 45.3 Å². The molecule has 1 fully saturated rings. The van der Waals surface area contributed by atoms with Gasteiger partial charge in [0.15, 0.2) is 0 Å². The second-order valence-electron chi connectivity index (χ2n) is 5.93. The fraction of sp³-hybridized carbons (Fsp3) is 0.562. The smallest absolute Gasteiger partial charge is 0.238 e. The summed E-state index contributed by atoms with van der Waals surface area (Å²) in [4.78, 5) is 14.3. The molecule has 1 aliphatic heterocycles. The number of likely N-dealkylation sites (tertiary alicyclic amines) is 1. The predicted octanol–water partition coefficient (Wildman–Crippen LogP) is 2.71. The Balaban J connectivity index is 1.65. The molecule has 1 unspecified atom stereocenters. The van der Waals surface area contributed by atoms with Gasteiger partial charge in [-0.25, -0.2) is 0 Å². The van der Waals surface area contributed by atoms with Crippen LogP contribution in [0, 0.1) is 5.92 Å². The van der Waals surface area contributed by atoms with Crippen LogP contribution in [0.3, 0.4) is 0 Å².